The second-order valence-corrected chi connectivity index (χ2v) is 20.6. The molecule has 0 radical (unpaired) electrons. The molecule has 1 unspecified atom stereocenters. The number of esters is 1. The number of methoxy groups -OCH3 is 1. The monoisotopic (exact) mass is 908 g/mol. The lowest BCUT2D eigenvalue weighted by atomic mass is 9.84. The number of cyclic esters (lactones) is 1. The van der Waals surface area contributed by atoms with Crippen LogP contribution in [0.1, 0.15) is 89.6 Å². The van der Waals surface area contributed by atoms with Crippen LogP contribution in [0, 0.1) is 23.2 Å². The maximum absolute atomic E-state index is 14.6. The fourth-order valence-corrected chi connectivity index (χ4v) is 10.8. The minimum atomic E-state index is -0.989. The Labute approximate surface area is 388 Å². The van der Waals surface area contributed by atoms with Crippen molar-refractivity contribution in [3.05, 3.63) is 64.8 Å². The van der Waals surface area contributed by atoms with Crippen LogP contribution in [0.3, 0.4) is 0 Å². The number of anilines is 1. The van der Waals surface area contributed by atoms with Crippen molar-refractivity contribution in [2.75, 3.05) is 65.0 Å². The van der Waals surface area contributed by atoms with E-state index >= 15 is 0 Å². The fourth-order valence-electron chi connectivity index (χ4n) is 9.84. The van der Waals surface area contributed by atoms with Crippen molar-refractivity contribution in [3.8, 4) is 22.5 Å². The number of benzene rings is 1. The van der Waals surface area contributed by atoms with Crippen molar-refractivity contribution in [2.45, 2.75) is 104 Å². The molecule has 1 aromatic carbocycles. The summed E-state index contributed by atoms with van der Waals surface area (Å²) in [5.74, 6) is -1.28. The minimum absolute atomic E-state index is 0.0512. The van der Waals surface area contributed by atoms with Gasteiger partial charge in [-0.25, -0.2) is 10.4 Å². The molecule has 7 atom stereocenters. The number of fused-ring (bicyclic) bond motifs is 6. The zero-order valence-electron chi connectivity index (χ0n) is 39.7. The van der Waals surface area contributed by atoms with Gasteiger partial charge in [0.05, 0.1) is 60.3 Å². The Morgan fingerprint density at radius 2 is 1.86 bits per heavy atom. The lowest BCUT2D eigenvalue weighted by Crippen LogP contribution is -2.61. The molecule has 0 spiro atoms. The summed E-state index contributed by atoms with van der Waals surface area (Å²) in [4.78, 5) is 57.5. The standard InChI is InChI=1S/C50H68N8O6S/c1-11-35-44(53-46(59)42-30(4)31(42)5)48(60)58-16-12-13-39(54-58)49(61)64-28-50(7,8)25-38-36-23-33(40-27-65-47(35)52-40)14-15-41(36)57(21-22-63-29(2)3)45(38)37-24-34(26-51-43(37)32(6)62-10)56-19-17-55(9)18-20-56/h11,14-15,23-24,26-27,29-32,35,39,42,44,54H,1,12-13,16-22,25,28H2,2-10H3,(H,53,59)/t30-,31+,32-,35-,39-,42?,44-/m0/s1. The number of ether oxygens (including phenoxy) is 3. The average molecular weight is 909 g/mol. The number of pyridine rings is 1. The number of likely N-dealkylation sites (N-methyl/N-ethyl adjacent to an activating group) is 1. The number of hydrogen-bond acceptors (Lipinski definition) is 12. The molecule has 3 aliphatic heterocycles. The van der Waals surface area contributed by atoms with E-state index < -0.39 is 29.4 Å². The summed E-state index contributed by atoms with van der Waals surface area (Å²) in [6.45, 7) is 24.0. The second-order valence-electron chi connectivity index (χ2n) is 19.8. The first-order valence-electron chi connectivity index (χ1n) is 23.4. The Bertz CT molecular complexity index is 2390. The molecular weight excluding hydrogens is 841 g/mol. The van der Waals surface area contributed by atoms with Crippen LogP contribution in [0.4, 0.5) is 5.69 Å². The number of nitrogens with one attached hydrogen (secondary N) is 2. The normalized spacial score (nSPS) is 25.6. The van der Waals surface area contributed by atoms with Crippen LogP contribution < -0.4 is 15.6 Å². The van der Waals surface area contributed by atoms with Crippen LogP contribution in [0.5, 0.6) is 0 Å². The predicted molar refractivity (Wildman–Crippen MR) is 256 cm³/mol. The number of thiazole rings is 1. The topological polar surface area (TPSA) is 143 Å². The van der Waals surface area contributed by atoms with Gasteiger partial charge >= 0.3 is 5.97 Å². The molecule has 2 N–H and O–H groups in total. The maximum Gasteiger partial charge on any atom is 0.324 e. The fraction of sp³-hybridized carbons (Fsp3) is 0.580. The SMILES string of the molecule is C=C[C@@H]1c2nc(cs2)-c2ccc3c(c2)c(c(-c2cc(N4CCN(C)CC4)cnc2[C@H](C)OC)n3CCOC(C)C)CC(C)(C)COC(=O)[C@@H]2CCCN(N2)C(=O)[C@H]1NC(=O)C1[C@@H](C)[C@H]1C. The zero-order chi connectivity index (χ0) is 46.3. The van der Waals surface area contributed by atoms with E-state index in [1.165, 1.54) is 16.3 Å². The third-order valence-corrected chi connectivity index (χ3v) is 15.0. The van der Waals surface area contributed by atoms with Gasteiger partial charge in [0.1, 0.15) is 17.1 Å². The van der Waals surface area contributed by atoms with E-state index in [1.807, 2.05) is 18.5 Å². The number of hydrogen-bond donors (Lipinski definition) is 2. The lowest BCUT2D eigenvalue weighted by Gasteiger charge is -2.36. The molecule has 2 amide bonds. The van der Waals surface area contributed by atoms with Crippen molar-refractivity contribution in [1.82, 2.24) is 35.2 Å². The molecule has 4 aromatic rings. The summed E-state index contributed by atoms with van der Waals surface area (Å²) in [7, 11) is 3.88. The smallest absolute Gasteiger partial charge is 0.324 e. The zero-order valence-corrected chi connectivity index (χ0v) is 40.5. The highest BCUT2D eigenvalue weighted by atomic mass is 32.1. The van der Waals surface area contributed by atoms with Crippen molar-refractivity contribution in [3.63, 3.8) is 0 Å². The molecule has 15 heteroatoms. The highest BCUT2D eigenvalue weighted by Gasteiger charge is 2.50. The summed E-state index contributed by atoms with van der Waals surface area (Å²) in [6, 6.07) is 7.06. The number of amides is 2. The first-order valence-corrected chi connectivity index (χ1v) is 24.3. The van der Waals surface area contributed by atoms with Gasteiger partial charge in [0.25, 0.3) is 5.91 Å². The molecule has 8 rings (SSSR count). The second kappa shape index (κ2) is 19.3. The van der Waals surface area contributed by atoms with Gasteiger partial charge in [-0.3, -0.25) is 24.4 Å². The van der Waals surface area contributed by atoms with Gasteiger partial charge in [-0.1, -0.05) is 39.8 Å². The van der Waals surface area contributed by atoms with E-state index in [0.717, 1.165) is 76.5 Å². The van der Waals surface area contributed by atoms with E-state index in [4.69, 9.17) is 24.2 Å². The highest BCUT2D eigenvalue weighted by molar-refractivity contribution is 7.10. The molecule has 4 aliphatic rings. The minimum Gasteiger partial charge on any atom is -0.464 e. The molecule has 6 heterocycles. The predicted octanol–water partition coefficient (Wildman–Crippen LogP) is 6.99. The molecule has 65 heavy (non-hydrogen) atoms. The molecule has 350 valence electrons. The number of nitrogens with zero attached hydrogens (tertiary/aromatic N) is 6. The van der Waals surface area contributed by atoms with Crippen LogP contribution in [-0.4, -0.2) is 121 Å². The third kappa shape index (κ3) is 9.76. The van der Waals surface area contributed by atoms with Crippen LogP contribution in [0.25, 0.3) is 33.4 Å². The van der Waals surface area contributed by atoms with Crippen LogP contribution in [-0.2, 0) is 41.6 Å². The first-order chi connectivity index (χ1) is 31.1. The Hall–Kier alpha value is -4.67. The maximum atomic E-state index is 14.6. The summed E-state index contributed by atoms with van der Waals surface area (Å²) < 4.78 is 20.9. The summed E-state index contributed by atoms with van der Waals surface area (Å²) in [5.41, 5.74) is 10.4. The Balaban J connectivity index is 1.31. The Kier molecular flexibility index (Phi) is 13.9. The van der Waals surface area contributed by atoms with Gasteiger partial charge in [0, 0.05) is 85.1 Å². The van der Waals surface area contributed by atoms with Gasteiger partial charge in [0.15, 0.2) is 0 Å². The largest absolute Gasteiger partial charge is 0.464 e. The van der Waals surface area contributed by atoms with E-state index in [1.54, 1.807) is 13.2 Å². The number of hydrazine groups is 1. The van der Waals surface area contributed by atoms with Crippen molar-refractivity contribution >= 4 is 45.7 Å². The molecule has 1 aliphatic carbocycles. The average Bonchev–Trinajstić information content (AvgIpc) is 3.55. The number of rotatable bonds is 11. The molecule has 3 fully saturated rings. The summed E-state index contributed by atoms with van der Waals surface area (Å²) in [6.07, 6.45) is 5.10. The van der Waals surface area contributed by atoms with Crippen LogP contribution in [0.15, 0.2) is 48.5 Å². The molecule has 14 nitrogen and oxygen atoms in total. The van der Waals surface area contributed by atoms with E-state index in [9.17, 15) is 14.4 Å². The van der Waals surface area contributed by atoms with Gasteiger partial charge in [0.2, 0.25) is 5.91 Å². The van der Waals surface area contributed by atoms with E-state index in [0.29, 0.717) is 44.0 Å². The van der Waals surface area contributed by atoms with Crippen LogP contribution in [0.2, 0.25) is 0 Å². The quantitative estimate of drug-likeness (QED) is 0.119. The van der Waals surface area contributed by atoms with Crippen LogP contribution >= 0.6 is 11.3 Å². The van der Waals surface area contributed by atoms with Crippen molar-refractivity contribution in [2.24, 2.45) is 23.2 Å². The number of piperazine rings is 1. The lowest BCUT2D eigenvalue weighted by molar-refractivity contribution is -0.155. The number of carbonyl (C=O) groups excluding carboxylic acids is 3. The van der Waals surface area contributed by atoms with Crippen molar-refractivity contribution in [1.29, 1.82) is 0 Å². The van der Waals surface area contributed by atoms with Gasteiger partial charge in [-0.15, -0.1) is 17.9 Å². The summed E-state index contributed by atoms with van der Waals surface area (Å²) in [5, 5.41) is 8.35. The molecule has 1 saturated carbocycles. The molecule has 6 bridgehead atoms. The van der Waals surface area contributed by atoms with E-state index in [2.05, 4.69) is 105 Å². The molecule has 3 aromatic heterocycles. The molecular formula is C50H68N8O6S. The van der Waals surface area contributed by atoms with Gasteiger partial charge in [-0.2, -0.15) is 0 Å². The highest BCUT2D eigenvalue weighted by Crippen LogP contribution is 2.46. The van der Waals surface area contributed by atoms with Gasteiger partial charge < -0.3 is 33.9 Å². The van der Waals surface area contributed by atoms with E-state index in [-0.39, 0.29) is 48.4 Å². The number of aromatic nitrogens is 3. The Morgan fingerprint density at radius 1 is 1.11 bits per heavy atom. The Morgan fingerprint density at radius 3 is 2.55 bits per heavy atom. The van der Waals surface area contributed by atoms with Gasteiger partial charge in [-0.05, 0) is 82.7 Å². The third-order valence-electron chi connectivity index (χ3n) is 14.1. The first kappa shape index (κ1) is 46.8. The molecule has 2 saturated heterocycles. The van der Waals surface area contributed by atoms with Crippen molar-refractivity contribution < 1.29 is 28.6 Å². The number of carbonyl (C=O) groups is 3. The summed E-state index contributed by atoms with van der Waals surface area (Å²) >= 11 is 1.45.